The monoisotopic (exact) mass is 279 g/mol. The highest BCUT2D eigenvalue weighted by Crippen LogP contribution is 2.28. The van der Waals surface area contributed by atoms with Crippen LogP contribution >= 0.6 is 22.9 Å². The van der Waals surface area contributed by atoms with Crippen molar-refractivity contribution in [2.45, 2.75) is 6.54 Å². The van der Waals surface area contributed by atoms with Crippen molar-refractivity contribution in [2.75, 3.05) is 5.32 Å². The van der Waals surface area contributed by atoms with Crippen LogP contribution in [-0.2, 0) is 13.6 Å². The first-order valence-corrected chi connectivity index (χ1v) is 6.54. The van der Waals surface area contributed by atoms with Crippen LogP contribution in [-0.4, -0.2) is 19.7 Å². The molecule has 18 heavy (non-hydrogen) atoms. The van der Waals surface area contributed by atoms with E-state index in [1.807, 2.05) is 29.8 Å². The summed E-state index contributed by atoms with van der Waals surface area (Å²) in [5.41, 5.74) is 0.910. The van der Waals surface area contributed by atoms with Gasteiger partial charge in [0.2, 0.25) is 0 Å². The zero-order valence-electron chi connectivity index (χ0n) is 9.59. The first kappa shape index (κ1) is 11.4. The second kappa shape index (κ2) is 4.55. The number of aryl methyl sites for hydroxylation is 1. The number of fused-ring (bicyclic) bond motifs is 1. The van der Waals surface area contributed by atoms with Crippen molar-refractivity contribution in [3.63, 3.8) is 0 Å². The lowest BCUT2D eigenvalue weighted by Crippen LogP contribution is -2.05. The molecule has 0 fully saturated rings. The number of benzene rings is 1. The van der Waals surface area contributed by atoms with E-state index in [4.69, 9.17) is 11.6 Å². The summed E-state index contributed by atoms with van der Waals surface area (Å²) in [5.74, 6) is 0.868. The topological polar surface area (TPSA) is 55.6 Å². The highest BCUT2D eigenvalue weighted by molar-refractivity contribution is 7.22. The molecule has 7 heteroatoms. The third kappa shape index (κ3) is 2.16. The Morgan fingerprint density at radius 3 is 3.11 bits per heavy atom. The van der Waals surface area contributed by atoms with Crippen LogP contribution in [0, 0.1) is 0 Å². The van der Waals surface area contributed by atoms with Crippen LogP contribution in [0.25, 0.3) is 10.2 Å². The number of hydrogen-bond donors (Lipinski definition) is 1. The number of aromatic nitrogens is 4. The van der Waals surface area contributed by atoms with Gasteiger partial charge in [-0.2, -0.15) is 0 Å². The van der Waals surface area contributed by atoms with E-state index in [1.165, 1.54) is 0 Å². The molecule has 0 amide bonds. The molecule has 0 radical (unpaired) electrons. The second-order valence-corrected chi connectivity index (χ2v) is 5.31. The van der Waals surface area contributed by atoms with E-state index in [9.17, 15) is 0 Å². The van der Waals surface area contributed by atoms with Gasteiger partial charge < -0.3 is 9.88 Å². The Morgan fingerprint density at radius 1 is 1.44 bits per heavy atom. The normalized spacial score (nSPS) is 11.0. The molecule has 2 aromatic heterocycles. The largest absolute Gasteiger partial charge is 0.354 e. The van der Waals surface area contributed by atoms with Crippen molar-refractivity contribution in [2.24, 2.45) is 7.05 Å². The fourth-order valence-electron chi connectivity index (χ4n) is 1.60. The molecule has 92 valence electrons. The van der Waals surface area contributed by atoms with E-state index in [0.717, 1.165) is 21.2 Å². The Kier molecular flexibility index (Phi) is 2.89. The maximum absolute atomic E-state index is 5.93. The van der Waals surface area contributed by atoms with Crippen LogP contribution in [0.2, 0.25) is 5.02 Å². The van der Waals surface area contributed by atoms with Gasteiger partial charge in [-0.05, 0) is 18.2 Å². The van der Waals surface area contributed by atoms with Crippen LogP contribution in [0.15, 0.2) is 24.5 Å². The molecule has 3 aromatic rings. The van der Waals surface area contributed by atoms with Gasteiger partial charge in [-0.3, -0.25) is 0 Å². The summed E-state index contributed by atoms with van der Waals surface area (Å²) in [4.78, 5) is 4.47. The molecule has 1 aromatic carbocycles. The number of halogens is 1. The number of rotatable bonds is 3. The molecule has 0 aliphatic rings. The molecule has 0 aliphatic heterocycles. The average Bonchev–Trinajstić information content (AvgIpc) is 2.92. The predicted molar refractivity (Wildman–Crippen MR) is 73.0 cm³/mol. The van der Waals surface area contributed by atoms with Gasteiger partial charge in [0.25, 0.3) is 0 Å². The van der Waals surface area contributed by atoms with E-state index in [1.54, 1.807) is 17.7 Å². The van der Waals surface area contributed by atoms with Gasteiger partial charge >= 0.3 is 0 Å². The van der Waals surface area contributed by atoms with Crippen molar-refractivity contribution >= 4 is 38.3 Å². The zero-order chi connectivity index (χ0) is 12.5. The summed E-state index contributed by atoms with van der Waals surface area (Å²) in [6, 6.07) is 5.71. The minimum absolute atomic E-state index is 0.601. The van der Waals surface area contributed by atoms with Gasteiger partial charge in [0.15, 0.2) is 11.0 Å². The van der Waals surface area contributed by atoms with E-state index in [0.29, 0.717) is 11.6 Å². The number of nitrogens with zero attached hydrogens (tertiary/aromatic N) is 4. The van der Waals surface area contributed by atoms with Crippen molar-refractivity contribution in [1.82, 2.24) is 19.7 Å². The van der Waals surface area contributed by atoms with Gasteiger partial charge in [-0.15, -0.1) is 10.2 Å². The molecule has 2 heterocycles. The van der Waals surface area contributed by atoms with E-state index in [-0.39, 0.29) is 0 Å². The Morgan fingerprint density at radius 2 is 2.33 bits per heavy atom. The lowest BCUT2D eigenvalue weighted by atomic mass is 10.3. The van der Waals surface area contributed by atoms with Crippen LogP contribution in [0.5, 0.6) is 0 Å². The zero-order valence-corrected chi connectivity index (χ0v) is 11.2. The first-order chi connectivity index (χ1) is 8.72. The van der Waals surface area contributed by atoms with Crippen LogP contribution < -0.4 is 5.32 Å². The highest BCUT2D eigenvalue weighted by Gasteiger charge is 2.05. The molecular formula is C11H10ClN5S. The Balaban J connectivity index is 1.81. The Bertz CT molecular complexity index is 690. The molecule has 0 saturated heterocycles. The lowest BCUT2D eigenvalue weighted by molar-refractivity contribution is 0.812. The summed E-state index contributed by atoms with van der Waals surface area (Å²) in [5, 5.41) is 12.6. The average molecular weight is 280 g/mol. The molecule has 0 atom stereocenters. The molecule has 0 spiro atoms. The van der Waals surface area contributed by atoms with Gasteiger partial charge in [0, 0.05) is 12.1 Å². The number of thiazole rings is 1. The predicted octanol–water partition coefficient (Wildman–Crippen LogP) is 2.69. The van der Waals surface area contributed by atoms with Gasteiger partial charge in [0.05, 0.1) is 16.8 Å². The second-order valence-electron chi connectivity index (χ2n) is 3.84. The third-order valence-corrected chi connectivity index (χ3v) is 3.78. The van der Waals surface area contributed by atoms with Gasteiger partial charge in [0.1, 0.15) is 6.33 Å². The molecule has 3 rings (SSSR count). The van der Waals surface area contributed by atoms with E-state index in [2.05, 4.69) is 20.5 Å². The fourth-order valence-corrected chi connectivity index (χ4v) is 2.61. The number of nitrogens with one attached hydrogen (secondary N) is 1. The van der Waals surface area contributed by atoms with Crippen molar-refractivity contribution in [1.29, 1.82) is 0 Å². The van der Waals surface area contributed by atoms with Gasteiger partial charge in [-0.1, -0.05) is 22.9 Å². The van der Waals surface area contributed by atoms with Crippen LogP contribution in [0.3, 0.4) is 0 Å². The standard InChI is InChI=1S/C11H10ClN5S/c1-17-6-14-16-10(17)5-13-11-15-8-4-7(12)2-3-9(8)18-11/h2-4,6H,5H2,1H3,(H,13,15). The summed E-state index contributed by atoms with van der Waals surface area (Å²) in [6.45, 7) is 0.601. The molecule has 1 N–H and O–H groups in total. The summed E-state index contributed by atoms with van der Waals surface area (Å²) in [6.07, 6.45) is 1.68. The minimum Gasteiger partial charge on any atom is -0.354 e. The first-order valence-electron chi connectivity index (χ1n) is 5.35. The number of anilines is 1. The smallest absolute Gasteiger partial charge is 0.184 e. The summed E-state index contributed by atoms with van der Waals surface area (Å²) in [7, 11) is 1.91. The van der Waals surface area contributed by atoms with Crippen molar-refractivity contribution in [3.05, 3.63) is 35.4 Å². The third-order valence-electron chi connectivity index (χ3n) is 2.55. The Hall–Kier alpha value is -1.66. The molecular weight excluding hydrogens is 270 g/mol. The maximum atomic E-state index is 5.93. The van der Waals surface area contributed by atoms with Gasteiger partial charge in [-0.25, -0.2) is 4.98 Å². The van der Waals surface area contributed by atoms with Crippen molar-refractivity contribution in [3.8, 4) is 0 Å². The molecule has 0 bridgehead atoms. The van der Waals surface area contributed by atoms with E-state index >= 15 is 0 Å². The fraction of sp³-hybridized carbons (Fsp3) is 0.182. The minimum atomic E-state index is 0.601. The van der Waals surface area contributed by atoms with Crippen LogP contribution in [0.1, 0.15) is 5.82 Å². The maximum Gasteiger partial charge on any atom is 0.184 e. The van der Waals surface area contributed by atoms with Crippen LogP contribution in [0.4, 0.5) is 5.13 Å². The summed E-state index contributed by atoms with van der Waals surface area (Å²) >= 11 is 7.53. The summed E-state index contributed by atoms with van der Waals surface area (Å²) < 4.78 is 2.98. The molecule has 5 nitrogen and oxygen atoms in total. The SMILES string of the molecule is Cn1cnnc1CNc1nc2cc(Cl)ccc2s1. The molecule has 0 unspecified atom stereocenters. The lowest BCUT2D eigenvalue weighted by Gasteiger charge is -2.00. The quantitative estimate of drug-likeness (QED) is 0.801. The Labute approximate surface area is 112 Å². The van der Waals surface area contributed by atoms with E-state index < -0.39 is 0 Å². The number of hydrogen-bond acceptors (Lipinski definition) is 5. The van der Waals surface area contributed by atoms with Crippen molar-refractivity contribution < 1.29 is 0 Å². The highest BCUT2D eigenvalue weighted by atomic mass is 35.5. The molecule has 0 aliphatic carbocycles. The molecule has 0 saturated carbocycles.